The van der Waals surface area contributed by atoms with E-state index in [1.807, 2.05) is 12.1 Å². The number of likely N-dealkylation sites (N-methyl/N-ethyl adjacent to an activating group) is 1. The van der Waals surface area contributed by atoms with E-state index in [1.165, 1.54) is 0 Å². The quantitative estimate of drug-likeness (QED) is 0.365. The third kappa shape index (κ3) is 3.04. The molecule has 26 heavy (non-hydrogen) atoms. The van der Waals surface area contributed by atoms with Crippen LogP contribution in [0.5, 0.6) is 0 Å². The summed E-state index contributed by atoms with van der Waals surface area (Å²) in [6, 6.07) is 9.29. The fourth-order valence-electron chi connectivity index (χ4n) is 3.47. The van der Waals surface area contributed by atoms with E-state index in [1.54, 1.807) is 23.5 Å². The van der Waals surface area contributed by atoms with E-state index in [9.17, 15) is 4.79 Å². The Morgan fingerprint density at radius 2 is 1.96 bits per heavy atom. The molecule has 3 N–H and O–H groups in total. The summed E-state index contributed by atoms with van der Waals surface area (Å²) in [5, 5.41) is 5.80. The molecule has 0 unspecified atom stereocenters. The van der Waals surface area contributed by atoms with Crippen molar-refractivity contribution in [2.75, 3.05) is 25.4 Å². The van der Waals surface area contributed by atoms with Gasteiger partial charge in [-0.1, -0.05) is 13.8 Å². The Hall–Kier alpha value is -1.83. The van der Waals surface area contributed by atoms with Crippen molar-refractivity contribution >= 4 is 65.2 Å². The minimum Gasteiger partial charge on any atom is -0.398 e. The van der Waals surface area contributed by atoms with Crippen LogP contribution in [0.4, 0.5) is 5.69 Å². The molecule has 4 aromatic rings. The number of hydrogen-bond acceptors (Lipinski definition) is 4. The van der Waals surface area contributed by atoms with Gasteiger partial charge in [-0.15, -0.1) is 28.3 Å². The number of aromatic amines is 1. The lowest BCUT2D eigenvalue weighted by atomic mass is 10.1. The molecular formula is C19H23BrN4OS. The first-order chi connectivity index (χ1) is 12.1. The Bertz CT molecular complexity index is 1120. The SMILES string of the molecule is Br.CCN(CC)CCn1[nH]c2c3ccc(=O)cc3sc3c(N)ccc1c32. The van der Waals surface area contributed by atoms with Gasteiger partial charge in [-0.25, -0.2) is 0 Å². The minimum absolute atomic E-state index is 0. The number of benzene rings is 2. The summed E-state index contributed by atoms with van der Waals surface area (Å²) < 4.78 is 4.22. The van der Waals surface area contributed by atoms with Gasteiger partial charge >= 0.3 is 0 Å². The summed E-state index contributed by atoms with van der Waals surface area (Å²) in [6.07, 6.45) is 0. The molecule has 2 heterocycles. The van der Waals surface area contributed by atoms with Gasteiger partial charge in [-0.2, -0.15) is 0 Å². The number of H-pyrrole nitrogens is 1. The molecule has 2 aromatic heterocycles. The maximum Gasteiger partial charge on any atom is 0.180 e. The van der Waals surface area contributed by atoms with Gasteiger partial charge in [0.15, 0.2) is 5.43 Å². The molecule has 0 atom stereocenters. The van der Waals surface area contributed by atoms with Gasteiger partial charge in [0.2, 0.25) is 0 Å². The summed E-state index contributed by atoms with van der Waals surface area (Å²) in [6.45, 7) is 8.35. The number of nitrogens with two attached hydrogens (primary N) is 1. The number of aromatic nitrogens is 2. The Morgan fingerprint density at radius 3 is 2.69 bits per heavy atom. The summed E-state index contributed by atoms with van der Waals surface area (Å²) in [5.41, 5.74) is 9.25. The van der Waals surface area contributed by atoms with Crippen molar-refractivity contribution in [2.24, 2.45) is 0 Å². The topological polar surface area (TPSA) is 67.0 Å². The highest BCUT2D eigenvalue weighted by Gasteiger charge is 2.15. The maximum atomic E-state index is 11.8. The molecular weight excluding hydrogens is 412 g/mol. The number of fused-ring (bicyclic) bond motifs is 2. The second-order valence-corrected chi connectivity index (χ2v) is 7.36. The zero-order chi connectivity index (χ0) is 17.6. The lowest BCUT2D eigenvalue weighted by Crippen LogP contribution is -2.27. The molecule has 0 fully saturated rings. The first-order valence-electron chi connectivity index (χ1n) is 8.68. The average Bonchev–Trinajstić information content (AvgIpc) is 2.98. The van der Waals surface area contributed by atoms with Crippen LogP contribution >= 0.6 is 28.3 Å². The van der Waals surface area contributed by atoms with E-state index >= 15 is 0 Å². The third-order valence-electron chi connectivity index (χ3n) is 4.92. The maximum absolute atomic E-state index is 11.8. The standard InChI is InChI=1S/C19H22N4OS.BrH/c1-3-22(4-2)9-10-23-15-8-7-14(20)19-17(15)18(21-23)13-6-5-12(24)11-16(13)25-19;/h5-8,11,21H,3-4,9-10,20H2,1-2H3;1H. The van der Waals surface area contributed by atoms with Crippen LogP contribution in [0.2, 0.25) is 0 Å². The highest BCUT2D eigenvalue weighted by molar-refractivity contribution is 8.93. The Morgan fingerprint density at radius 1 is 1.19 bits per heavy atom. The summed E-state index contributed by atoms with van der Waals surface area (Å²) in [4.78, 5) is 14.2. The van der Waals surface area contributed by atoms with Gasteiger partial charge in [-0.3, -0.25) is 14.6 Å². The molecule has 0 amide bonds. The lowest BCUT2D eigenvalue weighted by molar-refractivity contribution is 0.287. The first-order valence-corrected chi connectivity index (χ1v) is 9.49. The van der Waals surface area contributed by atoms with E-state index < -0.39 is 0 Å². The molecule has 0 radical (unpaired) electrons. The minimum atomic E-state index is 0. The van der Waals surface area contributed by atoms with Gasteiger partial charge < -0.3 is 10.6 Å². The van der Waals surface area contributed by atoms with Crippen LogP contribution in [0.1, 0.15) is 13.8 Å². The number of nitrogen functional groups attached to an aromatic ring is 1. The zero-order valence-electron chi connectivity index (χ0n) is 14.9. The van der Waals surface area contributed by atoms with Crippen molar-refractivity contribution in [3.8, 4) is 0 Å². The summed E-state index contributed by atoms with van der Waals surface area (Å²) >= 11 is 1.59. The Kier molecular flexibility index (Phi) is 5.41. The van der Waals surface area contributed by atoms with E-state index in [2.05, 4.69) is 34.6 Å². The van der Waals surface area contributed by atoms with Crippen molar-refractivity contribution in [3.63, 3.8) is 0 Å². The molecule has 138 valence electrons. The van der Waals surface area contributed by atoms with Gasteiger partial charge in [0, 0.05) is 33.8 Å². The number of rotatable bonds is 5. The monoisotopic (exact) mass is 434 g/mol. The average molecular weight is 435 g/mol. The second kappa shape index (κ2) is 7.42. The van der Waals surface area contributed by atoms with E-state index in [0.29, 0.717) is 0 Å². The highest BCUT2D eigenvalue weighted by atomic mass is 79.9. The van der Waals surface area contributed by atoms with Gasteiger partial charge in [0.25, 0.3) is 0 Å². The molecule has 0 aliphatic heterocycles. The lowest BCUT2D eigenvalue weighted by Gasteiger charge is -2.18. The van der Waals surface area contributed by atoms with Crippen molar-refractivity contribution in [3.05, 3.63) is 40.6 Å². The van der Waals surface area contributed by atoms with Gasteiger partial charge in [0.1, 0.15) is 0 Å². The second-order valence-electron chi connectivity index (χ2n) is 6.30. The van der Waals surface area contributed by atoms with Crippen LogP contribution < -0.4 is 11.2 Å². The molecule has 0 bridgehead atoms. The molecule has 0 aliphatic rings. The molecule has 0 saturated heterocycles. The van der Waals surface area contributed by atoms with Gasteiger partial charge in [0.05, 0.1) is 22.3 Å². The molecule has 4 rings (SSSR count). The van der Waals surface area contributed by atoms with Gasteiger partial charge in [-0.05, 0) is 37.4 Å². The molecule has 0 aliphatic carbocycles. The molecule has 7 heteroatoms. The zero-order valence-corrected chi connectivity index (χ0v) is 17.4. The molecule has 0 saturated carbocycles. The van der Waals surface area contributed by atoms with Crippen LogP contribution in [0, 0.1) is 0 Å². The highest BCUT2D eigenvalue weighted by Crippen LogP contribution is 2.39. The smallest absolute Gasteiger partial charge is 0.180 e. The van der Waals surface area contributed by atoms with Crippen LogP contribution in [0.25, 0.3) is 31.2 Å². The van der Waals surface area contributed by atoms with Crippen LogP contribution in [0.3, 0.4) is 0 Å². The Labute approximate surface area is 166 Å². The van der Waals surface area contributed by atoms with E-state index in [-0.39, 0.29) is 22.4 Å². The summed E-state index contributed by atoms with van der Waals surface area (Å²) in [7, 11) is 0. The number of nitrogens with zero attached hydrogens (tertiary/aromatic N) is 2. The molecule has 0 spiro atoms. The third-order valence-corrected chi connectivity index (χ3v) is 6.12. The first kappa shape index (κ1) is 18.9. The fourth-order valence-corrected chi connectivity index (χ4v) is 4.64. The fraction of sp³-hybridized carbons (Fsp3) is 0.316. The van der Waals surface area contributed by atoms with Crippen LogP contribution in [0.15, 0.2) is 35.1 Å². The summed E-state index contributed by atoms with van der Waals surface area (Å²) in [5.74, 6) is 0. The van der Waals surface area contributed by atoms with Crippen LogP contribution in [-0.2, 0) is 6.54 Å². The predicted octanol–water partition coefficient (Wildman–Crippen LogP) is 4.20. The largest absolute Gasteiger partial charge is 0.398 e. The molecule has 5 nitrogen and oxygen atoms in total. The number of anilines is 1. The van der Waals surface area contributed by atoms with Crippen molar-refractivity contribution < 1.29 is 0 Å². The van der Waals surface area contributed by atoms with Crippen molar-refractivity contribution in [2.45, 2.75) is 20.4 Å². The van der Waals surface area contributed by atoms with E-state index in [4.69, 9.17) is 5.73 Å². The van der Waals surface area contributed by atoms with E-state index in [0.717, 1.165) is 63.1 Å². The Balaban J connectivity index is 0.00000196. The number of hydrogen-bond donors (Lipinski definition) is 2. The molecule has 2 aromatic carbocycles. The van der Waals surface area contributed by atoms with Crippen molar-refractivity contribution in [1.29, 1.82) is 0 Å². The van der Waals surface area contributed by atoms with Crippen LogP contribution in [-0.4, -0.2) is 34.3 Å². The number of halogens is 1. The normalized spacial score (nSPS) is 11.7. The number of nitrogens with one attached hydrogen (secondary N) is 1. The van der Waals surface area contributed by atoms with Crippen molar-refractivity contribution in [1.82, 2.24) is 14.7 Å². The predicted molar refractivity (Wildman–Crippen MR) is 118 cm³/mol.